The van der Waals surface area contributed by atoms with Gasteiger partial charge in [0.05, 0.1) is 4.90 Å². The molecule has 1 aromatic heterocycles. The Morgan fingerprint density at radius 3 is 2.46 bits per heavy atom. The number of aromatic nitrogens is 1. The number of rotatable bonds is 8. The molecule has 3 aromatic rings. The Labute approximate surface area is 242 Å². The van der Waals surface area contributed by atoms with E-state index in [1.165, 1.54) is 4.31 Å². The van der Waals surface area contributed by atoms with E-state index in [0.717, 1.165) is 28.5 Å². The zero-order chi connectivity index (χ0) is 29.7. The van der Waals surface area contributed by atoms with Crippen LogP contribution in [0.25, 0.3) is 10.9 Å². The van der Waals surface area contributed by atoms with Crippen molar-refractivity contribution >= 4 is 32.7 Å². The van der Waals surface area contributed by atoms with Gasteiger partial charge in [0.1, 0.15) is 11.7 Å². The van der Waals surface area contributed by atoms with Crippen LogP contribution in [0.5, 0.6) is 0 Å². The van der Waals surface area contributed by atoms with Crippen LogP contribution in [0.4, 0.5) is 0 Å². The zero-order valence-corrected chi connectivity index (χ0v) is 25.6. The van der Waals surface area contributed by atoms with E-state index in [-0.39, 0.29) is 23.9 Å². The summed E-state index contributed by atoms with van der Waals surface area (Å²) in [4.78, 5) is 34.7. The predicted molar refractivity (Wildman–Crippen MR) is 160 cm³/mol. The first-order valence-electron chi connectivity index (χ1n) is 14.2. The lowest BCUT2D eigenvalue weighted by Crippen LogP contribution is -2.59. The lowest BCUT2D eigenvalue weighted by atomic mass is 9.85. The van der Waals surface area contributed by atoms with Gasteiger partial charge in [-0.2, -0.15) is 4.31 Å². The molecule has 2 amide bonds. The molecule has 220 valence electrons. The Hall–Kier alpha value is -3.21. The maximum atomic E-state index is 13.8. The number of nitrogens with zero attached hydrogens (tertiary/aromatic N) is 3. The van der Waals surface area contributed by atoms with Gasteiger partial charge in [0.25, 0.3) is 5.91 Å². The number of H-pyrrole nitrogens is 1. The minimum Gasteiger partial charge on any atom is -0.351 e. The summed E-state index contributed by atoms with van der Waals surface area (Å²) < 4.78 is 27.9. The zero-order valence-electron chi connectivity index (χ0n) is 24.8. The lowest BCUT2D eigenvalue weighted by molar-refractivity contribution is -0.138. The number of amides is 2. The van der Waals surface area contributed by atoms with E-state index in [1.807, 2.05) is 82.0 Å². The first-order valence-corrected chi connectivity index (χ1v) is 15.7. The fourth-order valence-corrected chi connectivity index (χ4v) is 7.52. The summed E-state index contributed by atoms with van der Waals surface area (Å²) in [5.74, 6) is -0.364. The van der Waals surface area contributed by atoms with Crippen LogP contribution in [0.2, 0.25) is 0 Å². The fourth-order valence-electron chi connectivity index (χ4n) is 6.05. The SMILES string of the molecule is Cc1ccc(C)c(S(=O)(=O)N(C)CCN2C[C@@H]3C[C@H]2CN3C(=O)[C@@H](NC(=O)c2cc3ccccc3[nH]2)C(C)(C)C)c1. The summed E-state index contributed by atoms with van der Waals surface area (Å²) in [5.41, 5.74) is 2.48. The highest BCUT2D eigenvalue weighted by Gasteiger charge is 2.48. The number of fused-ring (bicyclic) bond motifs is 3. The third-order valence-corrected chi connectivity index (χ3v) is 10.5. The Bertz CT molecular complexity index is 1540. The van der Waals surface area contributed by atoms with Crippen molar-refractivity contribution in [3.05, 3.63) is 65.4 Å². The molecule has 0 radical (unpaired) electrons. The van der Waals surface area contributed by atoms with E-state index in [9.17, 15) is 18.0 Å². The molecule has 2 N–H and O–H groups in total. The van der Waals surface area contributed by atoms with Crippen molar-refractivity contribution in [3.63, 3.8) is 0 Å². The minimum atomic E-state index is -3.59. The number of likely N-dealkylation sites (N-methyl/N-ethyl adjacent to an activating group) is 1. The van der Waals surface area contributed by atoms with Gasteiger partial charge in [0, 0.05) is 56.2 Å². The molecule has 10 heteroatoms. The van der Waals surface area contributed by atoms with Crippen molar-refractivity contribution in [2.24, 2.45) is 5.41 Å². The van der Waals surface area contributed by atoms with Crippen LogP contribution in [0.1, 0.15) is 48.8 Å². The van der Waals surface area contributed by atoms with E-state index in [0.29, 0.717) is 36.8 Å². The summed E-state index contributed by atoms with van der Waals surface area (Å²) >= 11 is 0. The molecule has 2 aliphatic rings. The van der Waals surface area contributed by atoms with Crippen molar-refractivity contribution in [1.29, 1.82) is 0 Å². The maximum absolute atomic E-state index is 13.8. The number of sulfonamides is 1. The number of carbonyl (C=O) groups excluding carboxylic acids is 2. The standard InChI is InChI=1S/C31H41N5O4S/c1-20-11-12-21(2)27(15-20)41(39,40)34(6)13-14-35-18-24-17-23(35)19-36(24)30(38)28(31(3,4)5)33-29(37)26-16-22-9-7-8-10-25(22)32-26/h7-12,15-16,23-24,28,32H,13-14,17-19H2,1-6H3,(H,33,37)/t23-,24-,28+/m0/s1. The molecule has 9 nitrogen and oxygen atoms in total. The highest BCUT2D eigenvalue weighted by molar-refractivity contribution is 7.89. The Kier molecular flexibility index (Phi) is 7.78. The second-order valence-corrected chi connectivity index (χ2v) is 14.7. The third kappa shape index (κ3) is 5.78. The molecule has 0 unspecified atom stereocenters. The number of carbonyl (C=O) groups is 2. The highest BCUT2D eigenvalue weighted by atomic mass is 32.2. The van der Waals surface area contributed by atoms with E-state index >= 15 is 0 Å². The van der Waals surface area contributed by atoms with E-state index in [4.69, 9.17) is 0 Å². The molecule has 2 saturated heterocycles. The summed E-state index contributed by atoms with van der Waals surface area (Å²) in [6, 6.07) is 14.5. The average molecular weight is 580 g/mol. The Morgan fingerprint density at radius 1 is 1.07 bits per heavy atom. The minimum absolute atomic E-state index is 0.0447. The second kappa shape index (κ2) is 10.9. The molecule has 2 fully saturated rings. The summed E-state index contributed by atoms with van der Waals surface area (Å²) in [5, 5.41) is 3.96. The van der Waals surface area contributed by atoms with Gasteiger partial charge >= 0.3 is 0 Å². The highest BCUT2D eigenvalue weighted by Crippen LogP contribution is 2.33. The monoisotopic (exact) mass is 579 g/mol. The average Bonchev–Trinajstić information content (AvgIpc) is 3.64. The number of nitrogens with one attached hydrogen (secondary N) is 2. The topological polar surface area (TPSA) is 106 Å². The number of hydrogen-bond acceptors (Lipinski definition) is 5. The van der Waals surface area contributed by atoms with Crippen LogP contribution in [0, 0.1) is 19.3 Å². The quantitative estimate of drug-likeness (QED) is 0.425. The van der Waals surface area contributed by atoms with E-state index in [1.54, 1.807) is 13.1 Å². The second-order valence-electron chi connectivity index (χ2n) is 12.7. The molecule has 0 aliphatic carbocycles. The molecule has 2 aliphatic heterocycles. The first-order chi connectivity index (χ1) is 19.3. The van der Waals surface area contributed by atoms with Gasteiger partial charge in [-0.1, -0.05) is 51.1 Å². The molecule has 2 aromatic carbocycles. The number of piperazine rings is 1. The van der Waals surface area contributed by atoms with Gasteiger partial charge in [-0.15, -0.1) is 0 Å². The molecule has 0 saturated carbocycles. The van der Waals surface area contributed by atoms with Gasteiger partial charge in [0.15, 0.2) is 0 Å². The largest absolute Gasteiger partial charge is 0.351 e. The number of benzene rings is 2. The lowest BCUT2D eigenvalue weighted by Gasteiger charge is -2.39. The van der Waals surface area contributed by atoms with Gasteiger partial charge < -0.3 is 15.2 Å². The van der Waals surface area contributed by atoms with Gasteiger partial charge in [-0.05, 0) is 55.0 Å². The van der Waals surface area contributed by atoms with Crippen molar-refractivity contribution < 1.29 is 18.0 Å². The molecular formula is C31H41N5O4S. The van der Waals surface area contributed by atoms with E-state index < -0.39 is 21.5 Å². The fraction of sp³-hybridized carbons (Fsp3) is 0.484. The van der Waals surface area contributed by atoms with Gasteiger partial charge in [-0.25, -0.2) is 8.42 Å². The van der Waals surface area contributed by atoms with Crippen molar-refractivity contribution in [2.45, 2.75) is 64.1 Å². The normalized spacial score (nSPS) is 20.2. The molecule has 5 rings (SSSR count). The summed E-state index contributed by atoms with van der Waals surface area (Å²) in [7, 11) is -1.96. The molecule has 3 heterocycles. The maximum Gasteiger partial charge on any atom is 0.268 e. The smallest absolute Gasteiger partial charge is 0.268 e. The first kappa shape index (κ1) is 29.3. The van der Waals surface area contributed by atoms with Crippen molar-refractivity contribution in [2.75, 3.05) is 33.2 Å². The van der Waals surface area contributed by atoms with Crippen molar-refractivity contribution in [1.82, 2.24) is 24.4 Å². The number of likely N-dealkylation sites (tertiary alicyclic amines) is 2. The summed E-state index contributed by atoms with van der Waals surface area (Å²) in [6.07, 6.45) is 0.853. The van der Waals surface area contributed by atoms with E-state index in [2.05, 4.69) is 15.2 Å². The molecule has 2 bridgehead atoms. The number of aryl methyl sites for hydroxylation is 2. The molecule has 41 heavy (non-hydrogen) atoms. The van der Waals surface area contributed by atoms with Crippen molar-refractivity contribution in [3.8, 4) is 0 Å². The van der Waals surface area contributed by atoms with Crippen LogP contribution >= 0.6 is 0 Å². The van der Waals surface area contributed by atoms with Gasteiger partial charge in [-0.3, -0.25) is 14.5 Å². The number of para-hydroxylation sites is 1. The van der Waals surface area contributed by atoms with Crippen LogP contribution < -0.4 is 5.32 Å². The summed E-state index contributed by atoms with van der Waals surface area (Å²) in [6.45, 7) is 11.9. The Morgan fingerprint density at radius 2 is 1.80 bits per heavy atom. The Balaban J connectivity index is 1.21. The van der Waals surface area contributed by atoms with Crippen LogP contribution in [0.15, 0.2) is 53.4 Å². The predicted octanol–water partition coefficient (Wildman–Crippen LogP) is 3.54. The number of aromatic amines is 1. The van der Waals surface area contributed by atoms with Gasteiger partial charge in [0.2, 0.25) is 15.9 Å². The van der Waals surface area contributed by atoms with Crippen LogP contribution in [0.3, 0.4) is 0 Å². The van der Waals surface area contributed by atoms with Crippen LogP contribution in [-0.2, 0) is 14.8 Å². The molecular weight excluding hydrogens is 538 g/mol. The van der Waals surface area contributed by atoms with Crippen LogP contribution in [-0.4, -0.2) is 90.7 Å². The number of hydrogen-bond donors (Lipinski definition) is 2. The molecule has 0 spiro atoms. The third-order valence-electron chi connectivity index (χ3n) is 8.53. The molecule has 3 atom stereocenters.